The summed E-state index contributed by atoms with van der Waals surface area (Å²) in [6.07, 6.45) is 4.08. The zero-order chi connectivity index (χ0) is 13.1. The molecule has 19 heavy (non-hydrogen) atoms. The Morgan fingerprint density at radius 1 is 1.16 bits per heavy atom. The summed E-state index contributed by atoms with van der Waals surface area (Å²) in [6, 6.07) is 13.7. The highest BCUT2D eigenvalue weighted by atomic mass is 32.1. The Hall–Kier alpha value is -1.12. The quantitative estimate of drug-likeness (QED) is 0.850. The molecular weight excluding hydrogens is 250 g/mol. The van der Waals surface area contributed by atoms with Crippen LogP contribution in [0.15, 0.2) is 41.8 Å². The Balaban J connectivity index is 1.59. The van der Waals surface area contributed by atoms with E-state index in [0.717, 1.165) is 18.5 Å². The third-order valence-corrected chi connectivity index (χ3v) is 4.96. The summed E-state index contributed by atoms with van der Waals surface area (Å²) in [5.41, 5.74) is 2.67. The van der Waals surface area contributed by atoms with Gasteiger partial charge in [0.25, 0.3) is 0 Å². The summed E-state index contributed by atoms with van der Waals surface area (Å²) in [5, 5.41) is 5.97. The number of hydrogen-bond donors (Lipinski definition) is 1. The maximum atomic E-state index is 3.70. The summed E-state index contributed by atoms with van der Waals surface area (Å²) < 4.78 is 0. The van der Waals surface area contributed by atoms with Crippen LogP contribution in [0.4, 0.5) is 0 Å². The van der Waals surface area contributed by atoms with E-state index >= 15 is 0 Å². The average molecular weight is 271 g/mol. The van der Waals surface area contributed by atoms with Crippen molar-refractivity contribution in [2.24, 2.45) is 5.92 Å². The summed E-state index contributed by atoms with van der Waals surface area (Å²) >= 11 is 1.87. The second-order valence-electron chi connectivity index (χ2n) is 5.66. The monoisotopic (exact) mass is 271 g/mol. The first kappa shape index (κ1) is 12.9. The van der Waals surface area contributed by atoms with Crippen LogP contribution in [-0.2, 0) is 6.54 Å². The number of thiophene rings is 1. The van der Waals surface area contributed by atoms with E-state index in [1.54, 1.807) is 0 Å². The number of nitrogens with one attached hydrogen (secondary N) is 1. The van der Waals surface area contributed by atoms with Gasteiger partial charge in [0.05, 0.1) is 0 Å². The SMILES string of the molecule is CC1CCC(NCc2cc(-c3ccccc3)cs2)C1. The first-order valence-electron chi connectivity index (χ1n) is 7.17. The molecule has 0 bridgehead atoms. The van der Waals surface area contributed by atoms with E-state index in [1.807, 2.05) is 11.3 Å². The van der Waals surface area contributed by atoms with Gasteiger partial charge in [0, 0.05) is 17.5 Å². The van der Waals surface area contributed by atoms with Crippen LogP contribution >= 0.6 is 11.3 Å². The van der Waals surface area contributed by atoms with Crippen LogP contribution in [0, 0.1) is 5.92 Å². The smallest absolute Gasteiger partial charge is 0.0302 e. The fraction of sp³-hybridized carbons (Fsp3) is 0.412. The lowest BCUT2D eigenvalue weighted by atomic mass is 10.1. The van der Waals surface area contributed by atoms with Crippen molar-refractivity contribution >= 4 is 11.3 Å². The van der Waals surface area contributed by atoms with Crippen molar-refractivity contribution in [3.8, 4) is 11.1 Å². The molecular formula is C17H21NS. The molecule has 0 spiro atoms. The van der Waals surface area contributed by atoms with E-state index in [1.165, 1.54) is 35.3 Å². The Kier molecular flexibility index (Phi) is 4.00. The van der Waals surface area contributed by atoms with Gasteiger partial charge >= 0.3 is 0 Å². The largest absolute Gasteiger partial charge is 0.309 e. The topological polar surface area (TPSA) is 12.0 Å². The molecule has 1 fully saturated rings. The fourth-order valence-electron chi connectivity index (χ4n) is 2.89. The molecule has 1 aromatic heterocycles. The Bertz CT molecular complexity index is 517. The van der Waals surface area contributed by atoms with Gasteiger partial charge in [0.15, 0.2) is 0 Å². The van der Waals surface area contributed by atoms with Crippen molar-refractivity contribution in [1.29, 1.82) is 0 Å². The maximum absolute atomic E-state index is 3.70. The van der Waals surface area contributed by atoms with E-state index in [9.17, 15) is 0 Å². The van der Waals surface area contributed by atoms with E-state index in [2.05, 4.69) is 54.0 Å². The molecule has 1 aromatic carbocycles. The molecule has 0 radical (unpaired) electrons. The lowest BCUT2D eigenvalue weighted by Gasteiger charge is -2.10. The van der Waals surface area contributed by atoms with Crippen LogP contribution in [-0.4, -0.2) is 6.04 Å². The lowest BCUT2D eigenvalue weighted by Crippen LogP contribution is -2.25. The fourth-order valence-corrected chi connectivity index (χ4v) is 3.74. The van der Waals surface area contributed by atoms with Crippen LogP contribution < -0.4 is 5.32 Å². The molecule has 100 valence electrons. The second-order valence-corrected chi connectivity index (χ2v) is 6.66. The van der Waals surface area contributed by atoms with E-state index in [0.29, 0.717) is 0 Å². The minimum atomic E-state index is 0.734. The van der Waals surface area contributed by atoms with Crippen LogP contribution in [0.1, 0.15) is 31.1 Å². The molecule has 2 aromatic rings. The predicted molar refractivity (Wildman–Crippen MR) is 83.4 cm³/mol. The van der Waals surface area contributed by atoms with Crippen molar-refractivity contribution in [2.75, 3.05) is 0 Å². The molecule has 0 aliphatic heterocycles. The summed E-state index contributed by atoms with van der Waals surface area (Å²) in [7, 11) is 0. The predicted octanol–water partition coefficient (Wildman–Crippen LogP) is 4.69. The highest BCUT2D eigenvalue weighted by Gasteiger charge is 2.20. The second kappa shape index (κ2) is 5.89. The van der Waals surface area contributed by atoms with E-state index < -0.39 is 0 Å². The highest BCUT2D eigenvalue weighted by molar-refractivity contribution is 7.10. The van der Waals surface area contributed by atoms with Crippen LogP contribution in [0.2, 0.25) is 0 Å². The van der Waals surface area contributed by atoms with Crippen molar-refractivity contribution in [2.45, 2.75) is 38.8 Å². The van der Waals surface area contributed by atoms with Gasteiger partial charge in [0.2, 0.25) is 0 Å². The molecule has 3 rings (SSSR count). The highest BCUT2D eigenvalue weighted by Crippen LogP contribution is 2.27. The molecule has 1 aliphatic rings. The van der Waals surface area contributed by atoms with Crippen molar-refractivity contribution in [3.63, 3.8) is 0 Å². The summed E-state index contributed by atoms with van der Waals surface area (Å²) in [4.78, 5) is 1.44. The van der Waals surface area contributed by atoms with Crippen molar-refractivity contribution < 1.29 is 0 Å². The van der Waals surface area contributed by atoms with Crippen LogP contribution in [0.5, 0.6) is 0 Å². The zero-order valence-corrected chi connectivity index (χ0v) is 12.2. The van der Waals surface area contributed by atoms with Gasteiger partial charge in [-0.1, -0.05) is 37.3 Å². The van der Waals surface area contributed by atoms with E-state index in [4.69, 9.17) is 0 Å². The van der Waals surface area contributed by atoms with Gasteiger partial charge in [-0.25, -0.2) is 0 Å². The first-order valence-corrected chi connectivity index (χ1v) is 8.05. The maximum Gasteiger partial charge on any atom is 0.0302 e. The Labute approximate surface area is 119 Å². The van der Waals surface area contributed by atoms with Gasteiger partial charge in [-0.15, -0.1) is 11.3 Å². The van der Waals surface area contributed by atoms with Crippen molar-refractivity contribution in [3.05, 3.63) is 46.7 Å². The molecule has 2 heteroatoms. The number of benzene rings is 1. The molecule has 2 atom stereocenters. The molecule has 1 heterocycles. The van der Waals surface area contributed by atoms with E-state index in [-0.39, 0.29) is 0 Å². The molecule has 1 nitrogen and oxygen atoms in total. The van der Waals surface area contributed by atoms with Gasteiger partial charge < -0.3 is 5.32 Å². The Morgan fingerprint density at radius 2 is 2.00 bits per heavy atom. The van der Waals surface area contributed by atoms with Gasteiger partial charge in [0.1, 0.15) is 0 Å². The third-order valence-electron chi connectivity index (χ3n) is 4.02. The standard InChI is InChI=1S/C17H21NS/c1-13-7-8-16(9-13)18-11-17-10-15(12-19-17)14-5-3-2-4-6-14/h2-6,10,12-13,16,18H,7-9,11H2,1H3. The molecule has 1 N–H and O–H groups in total. The molecule has 0 amide bonds. The molecule has 1 saturated carbocycles. The van der Waals surface area contributed by atoms with Crippen molar-refractivity contribution in [1.82, 2.24) is 5.32 Å². The van der Waals surface area contributed by atoms with Crippen LogP contribution in [0.25, 0.3) is 11.1 Å². The minimum absolute atomic E-state index is 0.734. The Morgan fingerprint density at radius 3 is 2.74 bits per heavy atom. The van der Waals surface area contributed by atoms with Gasteiger partial charge in [-0.05, 0) is 47.8 Å². The minimum Gasteiger partial charge on any atom is -0.309 e. The van der Waals surface area contributed by atoms with Gasteiger partial charge in [-0.2, -0.15) is 0 Å². The number of hydrogen-bond acceptors (Lipinski definition) is 2. The molecule has 0 saturated heterocycles. The third kappa shape index (κ3) is 3.26. The van der Waals surface area contributed by atoms with Crippen LogP contribution in [0.3, 0.4) is 0 Å². The van der Waals surface area contributed by atoms with Gasteiger partial charge in [-0.3, -0.25) is 0 Å². The molecule has 2 unspecified atom stereocenters. The average Bonchev–Trinajstić information content (AvgIpc) is 3.06. The molecule has 1 aliphatic carbocycles. The zero-order valence-electron chi connectivity index (χ0n) is 11.4. The summed E-state index contributed by atoms with van der Waals surface area (Å²) in [5.74, 6) is 0.903. The number of rotatable bonds is 4. The normalized spacial score (nSPS) is 22.8. The summed E-state index contributed by atoms with van der Waals surface area (Å²) in [6.45, 7) is 3.38. The lowest BCUT2D eigenvalue weighted by molar-refractivity contribution is 0.504. The first-order chi connectivity index (χ1) is 9.31.